The van der Waals surface area contributed by atoms with Crippen LogP contribution < -0.4 is 16.0 Å². The molecule has 0 atom stereocenters. The molecule has 1 amide bonds. The van der Waals surface area contributed by atoms with Crippen LogP contribution >= 0.6 is 0 Å². The largest absolute Gasteiger partial charge is 0.444 e. The fourth-order valence-corrected chi connectivity index (χ4v) is 3.27. The maximum atomic E-state index is 12.3. The zero-order valence-electron chi connectivity index (χ0n) is 20.1. The third-order valence-electron chi connectivity index (χ3n) is 5.30. The minimum absolute atomic E-state index is 0.387. The highest BCUT2D eigenvalue weighted by Crippen LogP contribution is 2.17. The molecule has 1 saturated heterocycles. The first-order valence-corrected chi connectivity index (χ1v) is 11.6. The summed E-state index contributed by atoms with van der Waals surface area (Å²) in [6.07, 6.45) is 3.42. The Morgan fingerprint density at radius 3 is 2.30 bits per heavy atom. The fourth-order valence-electron chi connectivity index (χ4n) is 3.27. The number of alkyl carbamates (subject to hydrolysis) is 1. The molecule has 0 aromatic heterocycles. The zero-order chi connectivity index (χ0) is 22.5. The Kier molecular flexibility index (Phi) is 12.1. The van der Waals surface area contributed by atoms with Crippen LogP contribution in [0.3, 0.4) is 0 Å². The summed E-state index contributed by atoms with van der Waals surface area (Å²) in [6, 6.07) is 0. The van der Waals surface area contributed by atoms with Crippen molar-refractivity contribution in [2.24, 2.45) is 4.99 Å². The number of nitrogens with zero attached hydrogens (tertiary/aromatic N) is 2. The van der Waals surface area contributed by atoms with Crippen molar-refractivity contribution in [2.45, 2.75) is 78.4 Å². The van der Waals surface area contributed by atoms with E-state index in [1.165, 1.54) is 0 Å². The predicted octanol–water partition coefficient (Wildman–Crippen LogP) is 2.74. The van der Waals surface area contributed by atoms with Crippen LogP contribution in [-0.2, 0) is 9.47 Å². The van der Waals surface area contributed by atoms with E-state index in [4.69, 9.17) is 14.5 Å². The van der Waals surface area contributed by atoms with E-state index in [0.29, 0.717) is 6.54 Å². The SMILES string of the molecule is CCNC(=NCC(CC)(CC)NC(=O)OC(C)(C)C)NCCCCN1CCOCC1. The highest BCUT2D eigenvalue weighted by atomic mass is 16.6. The third kappa shape index (κ3) is 11.0. The molecule has 0 aromatic carbocycles. The first-order chi connectivity index (χ1) is 14.2. The van der Waals surface area contributed by atoms with Gasteiger partial charge in [0.25, 0.3) is 0 Å². The van der Waals surface area contributed by atoms with Crippen LogP contribution in [0.5, 0.6) is 0 Å². The van der Waals surface area contributed by atoms with Crippen molar-refractivity contribution in [1.82, 2.24) is 20.9 Å². The molecular formula is C22H45N5O3. The molecule has 1 aliphatic heterocycles. The second-order valence-corrected chi connectivity index (χ2v) is 8.90. The Morgan fingerprint density at radius 1 is 1.07 bits per heavy atom. The number of hydrogen-bond acceptors (Lipinski definition) is 5. The van der Waals surface area contributed by atoms with E-state index >= 15 is 0 Å². The number of morpholine rings is 1. The van der Waals surface area contributed by atoms with Gasteiger partial charge in [-0.25, -0.2) is 4.79 Å². The highest BCUT2D eigenvalue weighted by molar-refractivity contribution is 5.79. The van der Waals surface area contributed by atoms with Gasteiger partial charge in [0.15, 0.2) is 5.96 Å². The van der Waals surface area contributed by atoms with Gasteiger partial charge in [0, 0.05) is 26.2 Å². The first kappa shape index (κ1) is 26.5. The molecule has 30 heavy (non-hydrogen) atoms. The van der Waals surface area contributed by atoms with Crippen molar-refractivity contribution in [2.75, 3.05) is 52.5 Å². The molecular weight excluding hydrogens is 382 g/mol. The second-order valence-electron chi connectivity index (χ2n) is 8.90. The van der Waals surface area contributed by atoms with Crippen molar-refractivity contribution in [3.8, 4) is 0 Å². The lowest BCUT2D eigenvalue weighted by Gasteiger charge is -2.32. The minimum atomic E-state index is -0.516. The third-order valence-corrected chi connectivity index (χ3v) is 5.30. The Bertz CT molecular complexity index is 509. The van der Waals surface area contributed by atoms with Gasteiger partial charge in [-0.05, 0) is 59.9 Å². The summed E-state index contributed by atoms with van der Waals surface area (Å²) in [6.45, 7) is 18.9. The van der Waals surface area contributed by atoms with Gasteiger partial charge in [-0.2, -0.15) is 0 Å². The lowest BCUT2D eigenvalue weighted by molar-refractivity contribution is 0.0372. The predicted molar refractivity (Wildman–Crippen MR) is 123 cm³/mol. The second kappa shape index (κ2) is 13.7. The molecule has 0 radical (unpaired) electrons. The Balaban J connectivity index is 2.51. The van der Waals surface area contributed by atoms with Gasteiger partial charge in [0.2, 0.25) is 0 Å². The number of unbranched alkanes of at least 4 members (excludes halogenated alkanes) is 1. The van der Waals surface area contributed by atoms with Crippen molar-refractivity contribution < 1.29 is 14.3 Å². The standard InChI is InChI=1S/C22H45N5O3/c1-7-22(8-2,26-20(28)30-21(4,5)6)18-25-19(23-9-3)24-12-10-11-13-27-14-16-29-17-15-27/h7-18H2,1-6H3,(H,26,28)(H2,23,24,25). The van der Waals surface area contributed by atoms with Crippen LogP contribution in [-0.4, -0.2) is 80.6 Å². The number of amides is 1. The molecule has 8 heteroatoms. The molecule has 0 aliphatic carbocycles. The Morgan fingerprint density at radius 2 is 1.73 bits per heavy atom. The molecule has 0 bridgehead atoms. The lowest BCUT2D eigenvalue weighted by atomic mass is 9.93. The summed E-state index contributed by atoms with van der Waals surface area (Å²) in [7, 11) is 0. The number of guanidine groups is 1. The number of nitrogens with one attached hydrogen (secondary N) is 3. The molecule has 0 aromatic rings. The molecule has 1 heterocycles. The van der Waals surface area contributed by atoms with Gasteiger partial charge < -0.3 is 25.4 Å². The van der Waals surface area contributed by atoms with E-state index in [1.54, 1.807) is 0 Å². The molecule has 0 saturated carbocycles. The van der Waals surface area contributed by atoms with Crippen LogP contribution in [0.2, 0.25) is 0 Å². The number of hydrogen-bond donors (Lipinski definition) is 3. The van der Waals surface area contributed by atoms with Crippen molar-refractivity contribution in [3.05, 3.63) is 0 Å². The van der Waals surface area contributed by atoms with E-state index < -0.39 is 11.1 Å². The summed E-state index contributed by atoms with van der Waals surface area (Å²) in [4.78, 5) is 19.5. The number of rotatable bonds is 11. The average molecular weight is 428 g/mol. The van der Waals surface area contributed by atoms with Crippen molar-refractivity contribution in [3.63, 3.8) is 0 Å². The van der Waals surface area contributed by atoms with Gasteiger partial charge in [-0.3, -0.25) is 9.89 Å². The topological polar surface area (TPSA) is 87.2 Å². The maximum Gasteiger partial charge on any atom is 0.408 e. The van der Waals surface area contributed by atoms with Crippen LogP contribution in [0.25, 0.3) is 0 Å². The molecule has 0 unspecified atom stereocenters. The number of ether oxygens (including phenoxy) is 2. The van der Waals surface area contributed by atoms with Crippen molar-refractivity contribution in [1.29, 1.82) is 0 Å². The highest BCUT2D eigenvalue weighted by Gasteiger charge is 2.30. The molecule has 0 spiro atoms. The summed E-state index contributed by atoms with van der Waals surface area (Å²) >= 11 is 0. The smallest absolute Gasteiger partial charge is 0.408 e. The van der Waals surface area contributed by atoms with Crippen molar-refractivity contribution >= 4 is 12.1 Å². The molecule has 1 aliphatic rings. The van der Waals surface area contributed by atoms with Gasteiger partial charge in [0.1, 0.15) is 5.60 Å². The van der Waals surface area contributed by atoms with Gasteiger partial charge in [0.05, 0.1) is 25.3 Å². The summed E-state index contributed by atoms with van der Waals surface area (Å²) < 4.78 is 10.8. The van der Waals surface area contributed by atoms with Crippen LogP contribution in [0.4, 0.5) is 4.79 Å². The van der Waals surface area contributed by atoms with Crippen LogP contribution in [0, 0.1) is 0 Å². The molecule has 1 rings (SSSR count). The average Bonchev–Trinajstić information content (AvgIpc) is 2.70. The number of aliphatic imine (C=N–C) groups is 1. The lowest BCUT2D eigenvalue weighted by Crippen LogP contribution is -2.52. The maximum absolute atomic E-state index is 12.3. The summed E-state index contributed by atoms with van der Waals surface area (Å²) in [5.41, 5.74) is -0.931. The molecule has 1 fully saturated rings. The molecule has 8 nitrogen and oxygen atoms in total. The van der Waals surface area contributed by atoms with E-state index in [-0.39, 0.29) is 6.09 Å². The number of carbonyl (C=O) groups is 1. The quantitative estimate of drug-likeness (QED) is 0.267. The van der Waals surface area contributed by atoms with E-state index in [9.17, 15) is 4.79 Å². The zero-order valence-corrected chi connectivity index (χ0v) is 20.1. The molecule has 176 valence electrons. The van der Waals surface area contributed by atoms with E-state index in [2.05, 4.69) is 41.6 Å². The van der Waals surface area contributed by atoms with Crippen LogP contribution in [0.15, 0.2) is 4.99 Å². The monoisotopic (exact) mass is 427 g/mol. The Hall–Kier alpha value is -1.54. The fraction of sp³-hybridized carbons (Fsp3) is 0.909. The first-order valence-electron chi connectivity index (χ1n) is 11.6. The van der Waals surface area contributed by atoms with E-state index in [1.807, 2.05) is 20.8 Å². The Labute approximate surface area is 183 Å². The number of carbonyl (C=O) groups excluding carboxylic acids is 1. The molecule has 3 N–H and O–H groups in total. The van der Waals surface area contributed by atoms with Gasteiger partial charge in [-0.1, -0.05) is 13.8 Å². The summed E-state index contributed by atoms with van der Waals surface area (Å²) in [5, 5.41) is 9.78. The van der Waals surface area contributed by atoms with Gasteiger partial charge >= 0.3 is 6.09 Å². The van der Waals surface area contributed by atoms with Crippen LogP contribution in [0.1, 0.15) is 67.2 Å². The van der Waals surface area contributed by atoms with E-state index in [0.717, 1.165) is 77.6 Å². The minimum Gasteiger partial charge on any atom is -0.444 e. The summed E-state index contributed by atoms with van der Waals surface area (Å²) in [5.74, 6) is 0.793. The van der Waals surface area contributed by atoms with Gasteiger partial charge in [-0.15, -0.1) is 0 Å². The normalized spacial score (nSPS) is 16.3.